The quantitative estimate of drug-likeness (QED) is 0.307. The summed E-state index contributed by atoms with van der Waals surface area (Å²) in [5, 5.41) is 7.03. The van der Waals surface area contributed by atoms with Crippen molar-refractivity contribution in [2.24, 2.45) is 5.16 Å². The molecular formula is C22H28N4O4S. The third kappa shape index (κ3) is 6.93. The lowest BCUT2D eigenvalue weighted by molar-refractivity contribution is -0.110. The molecule has 31 heavy (non-hydrogen) atoms. The highest BCUT2D eigenvalue weighted by atomic mass is 32.2. The Kier molecular flexibility index (Phi) is 8.66. The topological polar surface area (TPSA) is 103 Å². The van der Waals surface area contributed by atoms with Crippen LogP contribution in [0, 0.1) is 0 Å². The predicted octanol–water partition coefficient (Wildman–Crippen LogP) is 3.10. The van der Waals surface area contributed by atoms with Crippen LogP contribution in [0.4, 0.5) is 5.82 Å². The van der Waals surface area contributed by atoms with Crippen molar-refractivity contribution >= 4 is 28.2 Å². The van der Waals surface area contributed by atoms with E-state index in [0.29, 0.717) is 37.6 Å². The summed E-state index contributed by atoms with van der Waals surface area (Å²) in [7, 11) is -1.01. The zero-order valence-electron chi connectivity index (χ0n) is 17.9. The molecule has 0 bridgehead atoms. The van der Waals surface area contributed by atoms with Crippen molar-refractivity contribution in [1.82, 2.24) is 9.97 Å². The van der Waals surface area contributed by atoms with Gasteiger partial charge in [-0.1, -0.05) is 24.2 Å². The smallest absolute Gasteiger partial charge is 0.279 e. The maximum Gasteiger partial charge on any atom is 0.279 e. The van der Waals surface area contributed by atoms with Gasteiger partial charge in [0.15, 0.2) is 11.5 Å². The standard InChI is InChI=1S/C22H28N4O4S/c1-3-17-14-24-20(15-23-17)25-22(27)21(26-30-13-5-12-29-4-2)16-6-8-18(9-7-16)31(28)19-10-11-19/h6-9,14-15,19H,3-5,10-13H2,1-2H3,(H,24,25,27)/b26-21+. The summed E-state index contributed by atoms with van der Waals surface area (Å²) in [6, 6.07) is 7.03. The first-order chi connectivity index (χ1) is 15.1. The number of rotatable bonds is 12. The van der Waals surface area contributed by atoms with Crippen molar-refractivity contribution in [3.05, 3.63) is 47.9 Å². The van der Waals surface area contributed by atoms with Crippen molar-refractivity contribution in [3.63, 3.8) is 0 Å². The van der Waals surface area contributed by atoms with E-state index in [4.69, 9.17) is 9.57 Å². The number of aryl methyl sites for hydroxylation is 1. The first-order valence-corrected chi connectivity index (χ1v) is 11.7. The van der Waals surface area contributed by atoms with Gasteiger partial charge in [0.2, 0.25) is 0 Å². The van der Waals surface area contributed by atoms with E-state index in [-0.39, 0.29) is 11.0 Å². The highest BCUT2D eigenvalue weighted by molar-refractivity contribution is 7.86. The van der Waals surface area contributed by atoms with Gasteiger partial charge in [-0.05, 0) is 38.3 Å². The summed E-state index contributed by atoms with van der Waals surface area (Å²) in [4.78, 5) is 27.5. The van der Waals surface area contributed by atoms with Crippen LogP contribution >= 0.6 is 0 Å². The molecule has 1 aromatic carbocycles. The Morgan fingerprint density at radius 3 is 2.55 bits per heavy atom. The summed E-state index contributed by atoms with van der Waals surface area (Å²) in [6.45, 7) is 5.44. The monoisotopic (exact) mass is 444 g/mol. The number of aromatic nitrogens is 2. The van der Waals surface area contributed by atoms with E-state index >= 15 is 0 Å². The lowest BCUT2D eigenvalue weighted by Crippen LogP contribution is -2.25. The normalized spacial score (nSPS) is 14.8. The van der Waals surface area contributed by atoms with E-state index in [9.17, 15) is 9.00 Å². The van der Waals surface area contributed by atoms with Crippen molar-refractivity contribution < 1.29 is 18.6 Å². The van der Waals surface area contributed by atoms with Gasteiger partial charge in [0.25, 0.3) is 5.91 Å². The Hall–Kier alpha value is -2.65. The van der Waals surface area contributed by atoms with E-state index in [1.54, 1.807) is 30.5 Å². The second kappa shape index (κ2) is 11.7. The zero-order valence-corrected chi connectivity index (χ0v) is 18.7. The minimum atomic E-state index is -1.01. The number of ether oxygens (including phenoxy) is 1. The Balaban J connectivity index is 1.72. The highest BCUT2D eigenvalue weighted by Gasteiger charge is 2.29. The van der Waals surface area contributed by atoms with Crippen LogP contribution in [0.15, 0.2) is 46.7 Å². The Morgan fingerprint density at radius 2 is 1.94 bits per heavy atom. The van der Waals surface area contributed by atoms with E-state index in [1.807, 2.05) is 13.8 Å². The first kappa shape index (κ1) is 23.0. The lowest BCUT2D eigenvalue weighted by atomic mass is 10.1. The fourth-order valence-corrected chi connectivity index (χ4v) is 4.06. The molecule has 0 radical (unpaired) electrons. The zero-order chi connectivity index (χ0) is 22.1. The van der Waals surface area contributed by atoms with Crippen LogP contribution in [0.1, 0.15) is 44.4 Å². The molecule has 0 spiro atoms. The number of benzene rings is 1. The average Bonchev–Trinajstić information content (AvgIpc) is 3.64. The van der Waals surface area contributed by atoms with Crippen molar-refractivity contribution in [1.29, 1.82) is 0 Å². The van der Waals surface area contributed by atoms with Crippen LogP contribution in [0.2, 0.25) is 0 Å². The summed E-state index contributed by atoms with van der Waals surface area (Å²) in [5.74, 6) is -0.128. The molecule has 1 amide bonds. The third-order valence-corrected chi connectivity index (χ3v) is 6.41. The third-order valence-electron chi connectivity index (χ3n) is 4.60. The Labute approximate surface area is 184 Å². The summed E-state index contributed by atoms with van der Waals surface area (Å²) >= 11 is 0. The summed E-state index contributed by atoms with van der Waals surface area (Å²) in [5.41, 5.74) is 1.52. The molecule has 1 aliphatic rings. The van der Waals surface area contributed by atoms with Gasteiger partial charge in [-0.25, -0.2) is 4.98 Å². The van der Waals surface area contributed by atoms with Crippen LogP contribution in [-0.4, -0.2) is 50.9 Å². The molecule has 2 aromatic rings. The van der Waals surface area contributed by atoms with Crippen LogP contribution < -0.4 is 5.32 Å². The molecule has 8 nitrogen and oxygen atoms in total. The number of oxime groups is 1. The number of hydrogen-bond donors (Lipinski definition) is 1. The van der Waals surface area contributed by atoms with E-state index in [1.165, 1.54) is 6.20 Å². The molecule has 1 atom stereocenters. The highest BCUT2D eigenvalue weighted by Crippen LogP contribution is 2.30. The molecule has 166 valence electrons. The van der Waals surface area contributed by atoms with Crippen molar-refractivity contribution in [2.45, 2.75) is 49.7 Å². The fourth-order valence-electron chi connectivity index (χ4n) is 2.70. The number of carbonyl (C=O) groups excluding carboxylic acids is 1. The summed E-state index contributed by atoms with van der Waals surface area (Å²) in [6.07, 6.45) is 6.55. The van der Waals surface area contributed by atoms with E-state index < -0.39 is 16.7 Å². The predicted molar refractivity (Wildman–Crippen MR) is 120 cm³/mol. The van der Waals surface area contributed by atoms with Gasteiger partial charge in [0.05, 0.1) is 28.9 Å². The van der Waals surface area contributed by atoms with Gasteiger partial charge in [-0.15, -0.1) is 0 Å². The molecule has 1 aromatic heterocycles. The van der Waals surface area contributed by atoms with Crippen LogP contribution in [0.5, 0.6) is 0 Å². The van der Waals surface area contributed by atoms with Crippen LogP contribution in [0.3, 0.4) is 0 Å². The number of hydrogen-bond acceptors (Lipinski definition) is 7. The minimum absolute atomic E-state index is 0.113. The SMILES string of the molecule is CCOCCCO/N=C(/C(=O)Nc1cnc(CC)cn1)c1ccc(S(=O)C2CC2)cc1. The van der Waals surface area contributed by atoms with E-state index in [2.05, 4.69) is 20.4 Å². The lowest BCUT2D eigenvalue weighted by Gasteiger charge is -2.09. The number of anilines is 1. The number of nitrogens with one attached hydrogen (secondary N) is 1. The first-order valence-electron chi connectivity index (χ1n) is 10.5. The Morgan fingerprint density at radius 1 is 1.16 bits per heavy atom. The molecule has 3 rings (SSSR count). The maximum absolute atomic E-state index is 12.9. The summed E-state index contributed by atoms with van der Waals surface area (Å²) < 4.78 is 17.6. The second-order valence-electron chi connectivity index (χ2n) is 7.05. The molecule has 0 aliphatic heterocycles. The van der Waals surface area contributed by atoms with Gasteiger partial charge in [-0.2, -0.15) is 0 Å². The van der Waals surface area contributed by atoms with E-state index in [0.717, 1.165) is 29.9 Å². The molecule has 1 fully saturated rings. The van der Waals surface area contributed by atoms with Crippen molar-refractivity contribution in [3.8, 4) is 0 Å². The van der Waals surface area contributed by atoms with Crippen LogP contribution in [0.25, 0.3) is 0 Å². The van der Waals surface area contributed by atoms with Gasteiger partial charge < -0.3 is 14.9 Å². The maximum atomic E-state index is 12.9. The fraction of sp³-hybridized carbons (Fsp3) is 0.455. The molecule has 1 heterocycles. The minimum Gasteiger partial charge on any atom is -0.395 e. The molecule has 9 heteroatoms. The molecule has 0 saturated heterocycles. The largest absolute Gasteiger partial charge is 0.395 e. The average molecular weight is 445 g/mol. The number of amides is 1. The molecule has 1 aliphatic carbocycles. The van der Waals surface area contributed by atoms with Gasteiger partial charge >= 0.3 is 0 Å². The van der Waals surface area contributed by atoms with Gasteiger partial charge in [0, 0.05) is 35.3 Å². The Bertz CT molecular complexity index is 912. The second-order valence-corrected chi connectivity index (χ2v) is 8.78. The van der Waals surface area contributed by atoms with Gasteiger partial charge in [0.1, 0.15) is 6.61 Å². The molecular weight excluding hydrogens is 416 g/mol. The molecule has 1 unspecified atom stereocenters. The number of carbonyl (C=O) groups is 1. The molecule has 1 saturated carbocycles. The molecule has 1 N–H and O–H groups in total. The number of nitrogens with zero attached hydrogens (tertiary/aromatic N) is 3. The van der Waals surface area contributed by atoms with Gasteiger partial charge in [-0.3, -0.25) is 14.0 Å². The van der Waals surface area contributed by atoms with Crippen molar-refractivity contribution in [2.75, 3.05) is 25.1 Å². The van der Waals surface area contributed by atoms with Crippen LogP contribution in [-0.2, 0) is 31.6 Å².